The fourth-order valence-electron chi connectivity index (χ4n) is 1.74. The Kier molecular flexibility index (Phi) is 4.70. The molecule has 0 aliphatic heterocycles. The zero-order valence-electron chi connectivity index (χ0n) is 11.2. The van der Waals surface area contributed by atoms with Gasteiger partial charge in [-0.15, -0.1) is 0 Å². The van der Waals surface area contributed by atoms with Crippen LogP contribution in [0.15, 0.2) is 52.3 Å². The van der Waals surface area contributed by atoms with Crippen molar-refractivity contribution < 1.29 is 12.6 Å². The molecule has 1 unspecified atom stereocenters. The second kappa shape index (κ2) is 6.17. The fraction of sp³-hybridized carbons (Fsp3) is 0.143. The summed E-state index contributed by atoms with van der Waals surface area (Å²) in [7, 11) is -4.56. The molecule has 0 heterocycles. The molecule has 1 atom stereocenters. The molecule has 0 saturated heterocycles. The van der Waals surface area contributed by atoms with Gasteiger partial charge in [-0.05, 0) is 42.0 Å². The highest BCUT2D eigenvalue weighted by molar-refractivity contribution is 7.90. The van der Waals surface area contributed by atoms with Crippen molar-refractivity contribution in [3.8, 4) is 0 Å². The molecule has 0 spiro atoms. The Bertz CT molecular complexity index is 786. The van der Waals surface area contributed by atoms with Crippen LogP contribution in [-0.2, 0) is 26.4 Å². The molecule has 112 valence electrons. The van der Waals surface area contributed by atoms with Crippen LogP contribution >= 0.6 is 11.6 Å². The number of nitrogens with two attached hydrogens (primary N) is 1. The number of nitrogen functional groups attached to an aromatic ring is 1. The molecule has 0 aliphatic rings. The third kappa shape index (κ3) is 4.06. The summed E-state index contributed by atoms with van der Waals surface area (Å²) >= 11 is 6.05. The summed E-state index contributed by atoms with van der Waals surface area (Å²) in [6.45, 7) is 0. The van der Waals surface area contributed by atoms with Gasteiger partial charge in [0, 0.05) is 21.9 Å². The van der Waals surface area contributed by atoms with Crippen LogP contribution in [0.25, 0.3) is 0 Å². The topological polar surface area (TPSA) is 77.2 Å². The normalized spacial score (nSPS) is 13.0. The average Bonchev–Trinajstić information content (AvgIpc) is 2.41. The van der Waals surface area contributed by atoms with Gasteiger partial charge in [-0.2, -0.15) is 0 Å². The van der Waals surface area contributed by atoms with E-state index in [1.165, 1.54) is 12.1 Å². The fourth-order valence-corrected chi connectivity index (χ4v) is 3.85. The highest BCUT2D eigenvalue weighted by atomic mass is 35.5. The molecular weight excluding hydrogens is 330 g/mol. The summed E-state index contributed by atoms with van der Waals surface area (Å²) in [5.41, 5.74) is 6.89. The minimum atomic E-state index is -3.25. The van der Waals surface area contributed by atoms with Crippen molar-refractivity contribution in [2.24, 2.45) is 0 Å². The monoisotopic (exact) mass is 343 g/mol. The Labute approximate surface area is 131 Å². The lowest BCUT2D eigenvalue weighted by Crippen LogP contribution is -2.00. The highest BCUT2D eigenvalue weighted by Crippen LogP contribution is 2.23. The lowest BCUT2D eigenvalue weighted by molar-refractivity contribution is 0.601. The number of sulfone groups is 1. The van der Waals surface area contributed by atoms with Crippen molar-refractivity contribution in [2.45, 2.75) is 15.5 Å². The molecule has 2 aromatic carbocycles. The van der Waals surface area contributed by atoms with Crippen LogP contribution in [0.4, 0.5) is 5.69 Å². The molecule has 0 saturated carbocycles. The molecule has 0 radical (unpaired) electrons. The van der Waals surface area contributed by atoms with Gasteiger partial charge in [0.05, 0.1) is 21.4 Å². The van der Waals surface area contributed by atoms with Crippen LogP contribution < -0.4 is 5.73 Å². The van der Waals surface area contributed by atoms with Gasteiger partial charge < -0.3 is 5.73 Å². The van der Waals surface area contributed by atoms with Gasteiger partial charge in [0.1, 0.15) is 0 Å². The number of benzene rings is 2. The first-order chi connectivity index (χ1) is 9.77. The van der Waals surface area contributed by atoms with Crippen LogP contribution in [-0.4, -0.2) is 18.9 Å². The van der Waals surface area contributed by atoms with Crippen LogP contribution in [0, 0.1) is 0 Å². The van der Waals surface area contributed by atoms with E-state index in [0.29, 0.717) is 15.6 Å². The molecule has 4 nitrogen and oxygen atoms in total. The maximum Gasteiger partial charge on any atom is 0.175 e. The maximum atomic E-state index is 12.3. The number of rotatable bonds is 4. The highest BCUT2D eigenvalue weighted by Gasteiger charge is 2.11. The van der Waals surface area contributed by atoms with Crippen molar-refractivity contribution in [3.63, 3.8) is 0 Å². The van der Waals surface area contributed by atoms with E-state index in [4.69, 9.17) is 17.3 Å². The first-order valence-corrected chi connectivity index (χ1v) is 9.58. The molecule has 2 rings (SSSR count). The minimum Gasteiger partial charge on any atom is -0.399 e. The Morgan fingerprint density at radius 2 is 1.76 bits per heavy atom. The number of anilines is 1. The van der Waals surface area contributed by atoms with E-state index in [9.17, 15) is 12.6 Å². The van der Waals surface area contributed by atoms with E-state index in [-0.39, 0.29) is 10.6 Å². The zero-order chi connectivity index (χ0) is 15.6. The van der Waals surface area contributed by atoms with E-state index < -0.39 is 20.6 Å². The molecule has 2 N–H and O–H groups in total. The van der Waals surface area contributed by atoms with Gasteiger partial charge in [0.2, 0.25) is 0 Å². The second-order valence-corrected chi connectivity index (χ2v) is 8.46. The lowest BCUT2D eigenvalue weighted by Gasteiger charge is -2.06. The van der Waals surface area contributed by atoms with Gasteiger partial charge in [-0.1, -0.05) is 17.7 Å². The largest absolute Gasteiger partial charge is 0.399 e. The predicted octanol–water partition coefficient (Wildman–Crippen LogP) is 2.63. The van der Waals surface area contributed by atoms with Gasteiger partial charge in [0.15, 0.2) is 9.84 Å². The zero-order valence-corrected chi connectivity index (χ0v) is 13.6. The summed E-state index contributed by atoms with van der Waals surface area (Å²) in [5.74, 6) is 0.247. The molecular formula is C14H14ClNO3S2. The van der Waals surface area contributed by atoms with E-state index >= 15 is 0 Å². The molecule has 0 bridgehead atoms. The molecule has 0 fully saturated rings. The first kappa shape index (κ1) is 16.0. The van der Waals surface area contributed by atoms with Crippen molar-refractivity contribution in [1.29, 1.82) is 0 Å². The number of halogens is 1. The van der Waals surface area contributed by atoms with Crippen molar-refractivity contribution in [2.75, 3.05) is 12.0 Å². The average molecular weight is 344 g/mol. The Balaban J connectivity index is 2.21. The van der Waals surface area contributed by atoms with Crippen molar-refractivity contribution in [1.82, 2.24) is 0 Å². The predicted molar refractivity (Wildman–Crippen MR) is 85.5 cm³/mol. The molecule has 0 aliphatic carbocycles. The molecule has 7 heteroatoms. The SMILES string of the molecule is CS(=O)(=O)c1ccc(S(=O)Cc2ccc(N)cc2Cl)cc1. The summed E-state index contributed by atoms with van der Waals surface area (Å²) < 4.78 is 35.0. The number of hydrogen-bond donors (Lipinski definition) is 1. The quantitative estimate of drug-likeness (QED) is 0.866. The smallest absolute Gasteiger partial charge is 0.175 e. The third-order valence-electron chi connectivity index (χ3n) is 2.88. The van der Waals surface area contributed by atoms with Gasteiger partial charge in [0.25, 0.3) is 0 Å². The summed E-state index contributed by atoms with van der Waals surface area (Å²) in [6.07, 6.45) is 1.13. The molecule has 0 aromatic heterocycles. The van der Waals surface area contributed by atoms with E-state index in [2.05, 4.69) is 0 Å². The van der Waals surface area contributed by atoms with Gasteiger partial charge >= 0.3 is 0 Å². The standard InChI is InChI=1S/C14H14ClNO3S2/c1-21(18,19)13-6-4-12(5-7-13)20(17)9-10-2-3-11(16)8-14(10)15/h2-8H,9,16H2,1H3. The summed E-state index contributed by atoms with van der Waals surface area (Å²) in [4.78, 5) is 0.754. The van der Waals surface area contributed by atoms with Gasteiger partial charge in [-0.3, -0.25) is 4.21 Å². The Morgan fingerprint density at radius 1 is 1.14 bits per heavy atom. The summed E-state index contributed by atoms with van der Waals surface area (Å²) in [6, 6.07) is 11.1. The van der Waals surface area contributed by atoms with Crippen LogP contribution in [0.5, 0.6) is 0 Å². The number of hydrogen-bond acceptors (Lipinski definition) is 4. The van der Waals surface area contributed by atoms with Crippen LogP contribution in [0.3, 0.4) is 0 Å². The lowest BCUT2D eigenvalue weighted by atomic mass is 10.2. The minimum absolute atomic E-state index is 0.203. The van der Waals surface area contributed by atoms with E-state index in [1.807, 2.05) is 0 Å². The van der Waals surface area contributed by atoms with E-state index in [1.54, 1.807) is 30.3 Å². The molecule has 2 aromatic rings. The third-order valence-corrected chi connectivity index (χ3v) is 5.73. The van der Waals surface area contributed by atoms with E-state index in [0.717, 1.165) is 11.8 Å². The molecule has 0 amide bonds. The first-order valence-electron chi connectivity index (χ1n) is 6.00. The van der Waals surface area contributed by atoms with Crippen molar-refractivity contribution >= 4 is 37.9 Å². The van der Waals surface area contributed by atoms with Crippen LogP contribution in [0.2, 0.25) is 5.02 Å². The Morgan fingerprint density at radius 3 is 2.29 bits per heavy atom. The van der Waals surface area contributed by atoms with Gasteiger partial charge in [-0.25, -0.2) is 8.42 Å². The summed E-state index contributed by atoms with van der Waals surface area (Å²) in [5, 5.41) is 0.469. The van der Waals surface area contributed by atoms with Crippen LogP contribution in [0.1, 0.15) is 5.56 Å². The Hall–Kier alpha value is -1.37. The maximum absolute atomic E-state index is 12.3. The molecule has 21 heavy (non-hydrogen) atoms. The second-order valence-electron chi connectivity index (χ2n) is 4.58. The van der Waals surface area contributed by atoms with Crippen molar-refractivity contribution in [3.05, 3.63) is 53.1 Å².